The normalized spacial score (nSPS) is 13.6. The molecule has 0 radical (unpaired) electrons. The second-order valence-corrected chi connectivity index (χ2v) is 22.4. The number of nitrogens with two attached hydrogens (primary N) is 1. The van der Waals surface area contributed by atoms with Crippen LogP contribution in [-0.2, 0) is 32.7 Å². The molecule has 0 aromatic heterocycles. The fraction of sp³-hybridized carbons (Fsp3) is 0.758. The number of phosphoric acid groups is 1. The summed E-state index contributed by atoms with van der Waals surface area (Å²) < 4.78 is 33.1. The van der Waals surface area contributed by atoms with Crippen LogP contribution in [0.1, 0.15) is 290 Å². The summed E-state index contributed by atoms with van der Waals surface area (Å²) in [6.07, 6.45) is 80.8. The molecule has 10 heteroatoms. The Morgan fingerprint density at radius 2 is 0.724 bits per heavy atom. The van der Waals surface area contributed by atoms with Gasteiger partial charge in [-0.15, -0.1) is 0 Å². The minimum Gasteiger partial charge on any atom is -0.462 e. The minimum absolute atomic E-state index is 0.0470. The Balaban J connectivity index is 3.97. The number of unbranched alkanes of at least 4 members (excludes halogenated alkanes) is 32. The zero-order valence-corrected chi connectivity index (χ0v) is 50.1. The lowest BCUT2D eigenvalue weighted by molar-refractivity contribution is -0.161. The maximum atomic E-state index is 12.7. The Labute approximate surface area is 468 Å². The van der Waals surface area contributed by atoms with Crippen molar-refractivity contribution in [2.24, 2.45) is 5.73 Å². The zero-order chi connectivity index (χ0) is 55.2. The van der Waals surface area contributed by atoms with E-state index in [1.165, 1.54) is 161 Å². The van der Waals surface area contributed by atoms with Crippen LogP contribution in [0.2, 0.25) is 0 Å². The van der Waals surface area contributed by atoms with Gasteiger partial charge in [-0.2, -0.15) is 0 Å². The molecule has 2 atom stereocenters. The third-order valence-electron chi connectivity index (χ3n) is 13.5. The van der Waals surface area contributed by atoms with Crippen LogP contribution in [0, 0.1) is 0 Å². The summed E-state index contributed by atoms with van der Waals surface area (Å²) in [6, 6.07) is 0. The van der Waals surface area contributed by atoms with Gasteiger partial charge in [-0.1, -0.05) is 292 Å². The predicted molar refractivity (Wildman–Crippen MR) is 325 cm³/mol. The molecule has 0 aromatic carbocycles. The van der Waals surface area contributed by atoms with Gasteiger partial charge >= 0.3 is 19.8 Å². The van der Waals surface area contributed by atoms with Gasteiger partial charge in [-0.25, -0.2) is 4.57 Å². The molecule has 0 rings (SSSR count). The Morgan fingerprint density at radius 1 is 0.408 bits per heavy atom. The van der Waals surface area contributed by atoms with E-state index >= 15 is 0 Å². The first kappa shape index (κ1) is 73.2. The molecule has 0 heterocycles. The smallest absolute Gasteiger partial charge is 0.462 e. The summed E-state index contributed by atoms with van der Waals surface area (Å²) in [5, 5.41) is 0. The molecule has 0 aliphatic rings. The van der Waals surface area contributed by atoms with Crippen molar-refractivity contribution < 1.29 is 37.6 Å². The van der Waals surface area contributed by atoms with Crippen LogP contribution < -0.4 is 5.73 Å². The number of esters is 2. The highest BCUT2D eigenvalue weighted by Crippen LogP contribution is 2.43. The number of carbonyl (C=O) groups excluding carboxylic acids is 2. The lowest BCUT2D eigenvalue weighted by atomic mass is 10.0. The molecule has 0 aliphatic heterocycles. The molecule has 0 amide bonds. The number of ether oxygens (including phenoxy) is 2. The van der Waals surface area contributed by atoms with Crippen LogP contribution in [0.25, 0.3) is 0 Å². The molecular formula is C66H118NO8P. The van der Waals surface area contributed by atoms with E-state index in [9.17, 15) is 19.0 Å². The largest absolute Gasteiger partial charge is 0.472 e. The van der Waals surface area contributed by atoms with Crippen molar-refractivity contribution >= 4 is 19.8 Å². The fourth-order valence-electron chi connectivity index (χ4n) is 8.91. The van der Waals surface area contributed by atoms with Crippen molar-refractivity contribution in [2.45, 2.75) is 296 Å². The van der Waals surface area contributed by atoms with Crippen molar-refractivity contribution in [3.05, 3.63) is 85.1 Å². The van der Waals surface area contributed by atoms with Gasteiger partial charge in [0.25, 0.3) is 0 Å². The van der Waals surface area contributed by atoms with Gasteiger partial charge in [0.05, 0.1) is 13.2 Å². The van der Waals surface area contributed by atoms with Gasteiger partial charge in [-0.05, 0) is 70.6 Å². The molecule has 2 unspecified atom stereocenters. The van der Waals surface area contributed by atoms with Gasteiger partial charge in [0.1, 0.15) is 6.61 Å². The summed E-state index contributed by atoms with van der Waals surface area (Å²) in [5.74, 6) is -0.843. The van der Waals surface area contributed by atoms with Gasteiger partial charge < -0.3 is 20.1 Å². The Hall–Kier alpha value is -2.81. The summed E-state index contributed by atoms with van der Waals surface area (Å²) in [7, 11) is -4.40. The molecule has 9 nitrogen and oxygen atoms in total. The number of carbonyl (C=O) groups is 2. The summed E-state index contributed by atoms with van der Waals surface area (Å²) in [5.41, 5.74) is 5.39. The van der Waals surface area contributed by atoms with E-state index in [0.717, 1.165) is 96.3 Å². The van der Waals surface area contributed by atoms with Crippen molar-refractivity contribution in [3.63, 3.8) is 0 Å². The standard InChI is InChI=1S/C66H118NO8P/c1-3-5-7-9-11-13-15-17-19-21-23-25-27-29-31-33-34-36-38-40-42-44-46-48-50-52-54-56-58-65(68)72-62-64(63-74-76(70,71)73-61-60-67)75-66(69)59-57-55-53-51-49-47-45-43-41-39-37-35-32-30-28-26-24-22-20-18-16-14-12-10-8-6-4-2/h6,8,12,14,18,20,24,26,30,32,37,39,43,45,64H,3-5,7,9-11,13,15-17,19,21-23,25,27-29,31,33-36,38,40-42,44,46-63,67H2,1-2H3,(H,70,71)/b8-6-,14-12-,20-18-,26-24-,32-30-,39-37-,45-43-. The average Bonchev–Trinajstić information content (AvgIpc) is 3.41. The number of hydrogen-bond acceptors (Lipinski definition) is 8. The average molecular weight is 1080 g/mol. The van der Waals surface area contributed by atoms with Gasteiger partial charge in [0.15, 0.2) is 6.10 Å². The second-order valence-electron chi connectivity index (χ2n) is 20.9. The van der Waals surface area contributed by atoms with E-state index < -0.39 is 26.5 Å². The maximum Gasteiger partial charge on any atom is 0.472 e. The van der Waals surface area contributed by atoms with E-state index in [1.807, 2.05) is 0 Å². The number of phosphoric ester groups is 1. The predicted octanol–water partition coefficient (Wildman–Crippen LogP) is 20.2. The van der Waals surface area contributed by atoms with Crippen LogP contribution in [0.5, 0.6) is 0 Å². The summed E-state index contributed by atoms with van der Waals surface area (Å²) in [4.78, 5) is 35.3. The van der Waals surface area contributed by atoms with Gasteiger partial charge in [0.2, 0.25) is 0 Å². The molecular weight excluding hydrogens is 966 g/mol. The molecule has 0 aliphatic carbocycles. The fourth-order valence-corrected chi connectivity index (χ4v) is 9.68. The molecule has 76 heavy (non-hydrogen) atoms. The zero-order valence-electron chi connectivity index (χ0n) is 49.2. The molecule has 0 saturated carbocycles. The quantitative estimate of drug-likeness (QED) is 0.0264. The topological polar surface area (TPSA) is 134 Å². The molecule has 0 aromatic rings. The van der Waals surface area contributed by atoms with Crippen LogP contribution in [0.15, 0.2) is 85.1 Å². The SMILES string of the molecule is CC/C=C\C/C=C\C/C=C\C/C=C\C/C=C\C/C=C\C/C=C\CCCCCCCC(=O)OC(COC(=O)CCCCCCCCCCCCCCCCCCCCCCCCCCCCCC)COP(=O)(O)OCCN. The van der Waals surface area contributed by atoms with E-state index in [4.69, 9.17) is 24.3 Å². The van der Waals surface area contributed by atoms with Gasteiger partial charge in [-0.3, -0.25) is 18.6 Å². The monoisotopic (exact) mass is 1080 g/mol. The minimum atomic E-state index is -4.40. The van der Waals surface area contributed by atoms with E-state index in [1.54, 1.807) is 0 Å². The van der Waals surface area contributed by atoms with Crippen molar-refractivity contribution in [1.29, 1.82) is 0 Å². The third kappa shape index (κ3) is 60.4. The van der Waals surface area contributed by atoms with Crippen molar-refractivity contribution in [2.75, 3.05) is 26.4 Å². The van der Waals surface area contributed by atoms with Gasteiger partial charge in [0, 0.05) is 19.4 Å². The number of rotatable bonds is 59. The first-order chi connectivity index (χ1) is 37.3. The number of allylic oxidation sites excluding steroid dienone is 14. The Morgan fingerprint density at radius 3 is 1.08 bits per heavy atom. The lowest BCUT2D eigenvalue weighted by Gasteiger charge is -2.19. The molecule has 0 saturated heterocycles. The third-order valence-corrected chi connectivity index (χ3v) is 14.5. The van der Waals surface area contributed by atoms with Crippen LogP contribution in [0.3, 0.4) is 0 Å². The van der Waals surface area contributed by atoms with Crippen molar-refractivity contribution in [1.82, 2.24) is 0 Å². The highest BCUT2D eigenvalue weighted by Gasteiger charge is 2.26. The Bertz CT molecular complexity index is 1520. The molecule has 0 spiro atoms. The second kappa shape index (κ2) is 61.4. The lowest BCUT2D eigenvalue weighted by Crippen LogP contribution is -2.29. The maximum absolute atomic E-state index is 12.7. The molecule has 3 N–H and O–H groups in total. The first-order valence-corrected chi connectivity index (χ1v) is 33.1. The summed E-state index contributed by atoms with van der Waals surface area (Å²) in [6.45, 7) is 3.64. The van der Waals surface area contributed by atoms with E-state index in [2.05, 4.69) is 98.9 Å². The molecule has 0 fully saturated rings. The Kier molecular flexibility index (Phi) is 59.1. The van der Waals surface area contributed by atoms with Crippen LogP contribution >= 0.6 is 7.82 Å². The highest BCUT2D eigenvalue weighted by atomic mass is 31.2. The molecule has 440 valence electrons. The van der Waals surface area contributed by atoms with E-state index in [-0.39, 0.29) is 38.6 Å². The van der Waals surface area contributed by atoms with Crippen molar-refractivity contribution in [3.8, 4) is 0 Å². The number of hydrogen-bond donors (Lipinski definition) is 2. The highest BCUT2D eigenvalue weighted by molar-refractivity contribution is 7.47. The molecule has 0 bridgehead atoms. The van der Waals surface area contributed by atoms with Crippen LogP contribution in [0.4, 0.5) is 0 Å². The van der Waals surface area contributed by atoms with Crippen LogP contribution in [-0.4, -0.2) is 49.3 Å². The van der Waals surface area contributed by atoms with E-state index in [0.29, 0.717) is 6.42 Å². The summed E-state index contributed by atoms with van der Waals surface area (Å²) >= 11 is 0. The first-order valence-electron chi connectivity index (χ1n) is 31.6.